The molecule has 0 spiro atoms. The molecule has 0 radical (unpaired) electrons. The SMILES string of the molecule is CCCCC/C=C\C/C=C\CCCCCCCCCCCC(=O)OCC(CO)OC(=O)CCCCCCCCCCCCCCCCCCCCCCCCCCC/C=C\C/C=C\CCCCCCC. The van der Waals surface area contributed by atoms with Crippen molar-refractivity contribution in [2.75, 3.05) is 13.2 Å². The van der Waals surface area contributed by atoms with Gasteiger partial charge in [-0.05, 0) is 77.0 Å². The fourth-order valence-electron chi connectivity index (χ4n) is 9.38. The Labute approximate surface area is 437 Å². The van der Waals surface area contributed by atoms with Crippen molar-refractivity contribution in [1.29, 1.82) is 0 Å². The normalized spacial score (nSPS) is 12.4. The Balaban J connectivity index is 3.39. The third-order valence-corrected chi connectivity index (χ3v) is 14.1. The van der Waals surface area contributed by atoms with Gasteiger partial charge >= 0.3 is 11.9 Å². The first kappa shape index (κ1) is 67.9. The van der Waals surface area contributed by atoms with Crippen molar-refractivity contribution in [3.8, 4) is 0 Å². The summed E-state index contributed by atoms with van der Waals surface area (Å²) in [4.78, 5) is 24.5. The molecule has 0 aliphatic carbocycles. The van der Waals surface area contributed by atoms with Gasteiger partial charge in [0.05, 0.1) is 6.61 Å². The fraction of sp³-hybridized carbons (Fsp3) is 0.846. The van der Waals surface area contributed by atoms with Gasteiger partial charge < -0.3 is 14.6 Å². The smallest absolute Gasteiger partial charge is 0.306 e. The number of hydrogen-bond donors (Lipinski definition) is 1. The molecule has 0 bridgehead atoms. The zero-order valence-electron chi connectivity index (χ0n) is 47.0. The van der Waals surface area contributed by atoms with Gasteiger partial charge in [0.15, 0.2) is 6.10 Å². The van der Waals surface area contributed by atoms with Gasteiger partial charge in [0.1, 0.15) is 6.61 Å². The summed E-state index contributed by atoms with van der Waals surface area (Å²) in [6.45, 7) is 4.14. The summed E-state index contributed by atoms with van der Waals surface area (Å²) in [5, 5.41) is 9.66. The first-order chi connectivity index (χ1) is 34.6. The summed E-state index contributed by atoms with van der Waals surface area (Å²) in [5.41, 5.74) is 0. The van der Waals surface area contributed by atoms with Crippen LogP contribution in [0.3, 0.4) is 0 Å². The van der Waals surface area contributed by atoms with Gasteiger partial charge in [-0.15, -0.1) is 0 Å². The highest BCUT2D eigenvalue weighted by atomic mass is 16.6. The number of aliphatic hydroxyl groups excluding tert-OH is 1. The van der Waals surface area contributed by atoms with Crippen molar-refractivity contribution in [3.05, 3.63) is 48.6 Å². The van der Waals surface area contributed by atoms with Crippen LogP contribution in [0.5, 0.6) is 0 Å². The number of hydrogen-bond acceptors (Lipinski definition) is 5. The van der Waals surface area contributed by atoms with Crippen LogP contribution in [0, 0.1) is 0 Å². The number of unbranched alkanes of at least 4 members (excludes halogenated alkanes) is 42. The van der Waals surface area contributed by atoms with Crippen LogP contribution in [0.25, 0.3) is 0 Å². The number of allylic oxidation sites excluding steroid dienone is 8. The van der Waals surface area contributed by atoms with E-state index in [9.17, 15) is 14.7 Å². The molecule has 0 saturated carbocycles. The summed E-state index contributed by atoms with van der Waals surface area (Å²) >= 11 is 0. The van der Waals surface area contributed by atoms with E-state index in [0.717, 1.165) is 51.4 Å². The molecule has 0 aromatic carbocycles. The van der Waals surface area contributed by atoms with Gasteiger partial charge in [0, 0.05) is 12.8 Å². The molecule has 0 amide bonds. The summed E-state index contributed by atoms with van der Waals surface area (Å²) < 4.78 is 10.7. The van der Waals surface area contributed by atoms with Gasteiger partial charge in [0.2, 0.25) is 0 Å². The van der Waals surface area contributed by atoms with Gasteiger partial charge in [-0.25, -0.2) is 0 Å². The topological polar surface area (TPSA) is 72.8 Å². The number of aliphatic hydroxyl groups is 1. The van der Waals surface area contributed by atoms with E-state index in [1.165, 1.54) is 257 Å². The first-order valence-electron chi connectivity index (χ1n) is 31.2. The molecule has 0 fully saturated rings. The monoisotopic (exact) mass is 981 g/mol. The average molecular weight is 982 g/mol. The quantitative estimate of drug-likeness (QED) is 0.0373. The number of ether oxygens (including phenoxy) is 2. The molecule has 0 aromatic rings. The highest BCUT2D eigenvalue weighted by Gasteiger charge is 2.16. The zero-order chi connectivity index (χ0) is 50.6. The lowest BCUT2D eigenvalue weighted by atomic mass is 10.0. The molecule has 5 nitrogen and oxygen atoms in total. The summed E-state index contributed by atoms with van der Waals surface area (Å²) in [7, 11) is 0. The number of rotatable bonds is 58. The van der Waals surface area contributed by atoms with Gasteiger partial charge in [-0.3, -0.25) is 9.59 Å². The van der Waals surface area contributed by atoms with E-state index in [-0.39, 0.29) is 25.2 Å². The molecule has 1 unspecified atom stereocenters. The second-order valence-corrected chi connectivity index (χ2v) is 21.1. The lowest BCUT2D eigenvalue weighted by Crippen LogP contribution is -2.28. The summed E-state index contributed by atoms with van der Waals surface area (Å²) in [6, 6.07) is 0. The lowest BCUT2D eigenvalue weighted by molar-refractivity contribution is -0.161. The minimum absolute atomic E-state index is 0.0645. The summed E-state index contributed by atoms with van der Waals surface area (Å²) in [6.07, 6.45) is 81.2. The van der Waals surface area contributed by atoms with E-state index in [2.05, 4.69) is 62.5 Å². The average Bonchev–Trinajstić information content (AvgIpc) is 3.36. The van der Waals surface area contributed by atoms with Crippen LogP contribution in [0.4, 0.5) is 0 Å². The molecule has 1 atom stereocenters. The molecule has 0 heterocycles. The number of esters is 2. The van der Waals surface area contributed by atoms with Crippen LogP contribution in [0.2, 0.25) is 0 Å². The molecule has 70 heavy (non-hydrogen) atoms. The standard InChI is InChI=1S/C65H120O5/c1-3-5-7-9-11-13-15-17-19-21-23-24-25-26-27-28-29-30-31-32-33-34-35-36-37-38-39-40-42-44-46-48-50-52-54-56-58-60-65(68)70-63(61-66)62-69-64(67)59-57-55-53-51-49-47-45-43-41-22-20-18-16-14-12-10-8-6-4-2/h12,14-15,17-18,20-21,23,63,66H,3-11,13,16,19,22,24-62H2,1-2H3/b14-12-,17-15-,20-18-,23-21-. The highest BCUT2D eigenvalue weighted by Crippen LogP contribution is 2.18. The summed E-state index contributed by atoms with van der Waals surface area (Å²) in [5.74, 6) is -0.579. The molecular formula is C65H120O5. The van der Waals surface area contributed by atoms with Crippen molar-refractivity contribution in [3.63, 3.8) is 0 Å². The van der Waals surface area contributed by atoms with Crippen molar-refractivity contribution >= 4 is 11.9 Å². The molecule has 5 heteroatoms. The first-order valence-corrected chi connectivity index (χ1v) is 31.2. The van der Waals surface area contributed by atoms with E-state index in [0.29, 0.717) is 12.8 Å². The maximum atomic E-state index is 12.3. The second kappa shape index (κ2) is 61.2. The fourth-order valence-corrected chi connectivity index (χ4v) is 9.38. The maximum absolute atomic E-state index is 12.3. The Kier molecular flexibility index (Phi) is 59.3. The Morgan fingerprint density at radius 2 is 0.571 bits per heavy atom. The van der Waals surface area contributed by atoms with E-state index >= 15 is 0 Å². The van der Waals surface area contributed by atoms with E-state index in [4.69, 9.17) is 9.47 Å². The molecule has 0 aromatic heterocycles. The van der Waals surface area contributed by atoms with E-state index in [1.807, 2.05) is 0 Å². The molecule has 0 aliphatic heterocycles. The van der Waals surface area contributed by atoms with E-state index in [1.54, 1.807) is 0 Å². The molecular weight excluding hydrogens is 861 g/mol. The van der Waals surface area contributed by atoms with Crippen molar-refractivity contribution in [1.82, 2.24) is 0 Å². The third-order valence-electron chi connectivity index (χ3n) is 14.1. The minimum Gasteiger partial charge on any atom is -0.462 e. The van der Waals surface area contributed by atoms with Crippen LogP contribution < -0.4 is 0 Å². The van der Waals surface area contributed by atoms with Crippen LogP contribution in [0.15, 0.2) is 48.6 Å². The van der Waals surface area contributed by atoms with Crippen molar-refractivity contribution in [2.45, 2.75) is 341 Å². The number of carbonyl (C=O) groups is 2. The molecule has 0 saturated heterocycles. The van der Waals surface area contributed by atoms with E-state index < -0.39 is 6.10 Å². The molecule has 1 N–H and O–H groups in total. The zero-order valence-corrected chi connectivity index (χ0v) is 47.0. The lowest BCUT2D eigenvalue weighted by Gasteiger charge is -2.15. The maximum Gasteiger partial charge on any atom is 0.306 e. The van der Waals surface area contributed by atoms with Crippen LogP contribution in [0.1, 0.15) is 335 Å². The molecule has 0 aliphatic rings. The Morgan fingerprint density at radius 3 is 0.871 bits per heavy atom. The van der Waals surface area contributed by atoms with Crippen LogP contribution in [-0.2, 0) is 19.1 Å². The van der Waals surface area contributed by atoms with Gasteiger partial charge in [-0.2, -0.15) is 0 Å². The van der Waals surface area contributed by atoms with Crippen molar-refractivity contribution in [2.24, 2.45) is 0 Å². The Morgan fingerprint density at radius 1 is 0.329 bits per heavy atom. The largest absolute Gasteiger partial charge is 0.462 e. The van der Waals surface area contributed by atoms with Crippen molar-refractivity contribution < 1.29 is 24.2 Å². The molecule has 0 rings (SSSR count). The van der Waals surface area contributed by atoms with Gasteiger partial charge in [-0.1, -0.05) is 294 Å². The van der Waals surface area contributed by atoms with Gasteiger partial charge in [0.25, 0.3) is 0 Å². The molecule has 410 valence electrons. The number of carbonyl (C=O) groups excluding carboxylic acids is 2. The predicted molar refractivity (Wildman–Crippen MR) is 307 cm³/mol. The Hall–Kier alpha value is -2.14. The van der Waals surface area contributed by atoms with Crippen LogP contribution in [-0.4, -0.2) is 36.4 Å². The second-order valence-electron chi connectivity index (χ2n) is 21.1. The van der Waals surface area contributed by atoms with Crippen LogP contribution >= 0.6 is 0 Å². The Bertz CT molecular complexity index is 1150. The minimum atomic E-state index is -0.773. The third kappa shape index (κ3) is 58.4. The predicted octanol–water partition coefficient (Wildman–Crippen LogP) is 21.2. The highest BCUT2D eigenvalue weighted by molar-refractivity contribution is 5.70.